The van der Waals surface area contributed by atoms with E-state index in [-0.39, 0.29) is 23.2 Å². The highest BCUT2D eigenvalue weighted by Gasteiger charge is 2.18. The van der Waals surface area contributed by atoms with Gasteiger partial charge in [-0.05, 0) is 43.2 Å². The molecule has 2 aromatic rings. The van der Waals surface area contributed by atoms with Gasteiger partial charge >= 0.3 is 0 Å². The molecule has 2 N–H and O–H groups in total. The van der Waals surface area contributed by atoms with E-state index in [1.54, 1.807) is 50.2 Å². The van der Waals surface area contributed by atoms with Crippen molar-refractivity contribution in [1.29, 1.82) is 0 Å². The van der Waals surface area contributed by atoms with E-state index < -0.39 is 20.0 Å². The molecule has 0 unspecified atom stereocenters. The maximum Gasteiger partial charge on any atom is 0.240 e. The predicted octanol–water partition coefficient (Wildman–Crippen LogP) is 2.65. The zero-order valence-corrected chi connectivity index (χ0v) is 16.8. The van der Waals surface area contributed by atoms with Crippen LogP contribution in [-0.4, -0.2) is 22.9 Å². The lowest BCUT2D eigenvalue weighted by Gasteiger charge is -2.13. The van der Waals surface area contributed by atoms with E-state index >= 15 is 0 Å². The summed E-state index contributed by atoms with van der Waals surface area (Å²) in [4.78, 5) is 0.0524. The Bertz CT molecular complexity index is 974. The average molecular weight is 417 g/mol. The van der Waals surface area contributed by atoms with Crippen molar-refractivity contribution in [3.05, 3.63) is 64.7 Å². The van der Waals surface area contributed by atoms with E-state index in [9.17, 15) is 16.8 Å². The normalized spacial score (nSPS) is 12.5. The molecule has 0 spiro atoms. The Morgan fingerprint density at radius 1 is 0.962 bits per heavy atom. The van der Waals surface area contributed by atoms with Crippen LogP contribution in [0.2, 0.25) is 5.02 Å². The molecule has 0 aromatic heterocycles. The molecule has 0 aliphatic rings. The van der Waals surface area contributed by atoms with Crippen molar-refractivity contribution < 1.29 is 16.8 Å². The third-order valence-corrected chi connectivity index (χ3v) is 6.59. The summed E-state index contributed by atoms with van der Waals surface area (Å²) in [6.45, 7) is 3.45. The van der Waals surface area contributed by atoms with Gasteiger partial charge in [0.2, 0.25) is 20.0 Å². The van der Waals surface area contributed by atoms with Crippen molar-refractivity contribution in [3.8, 4) is 0 Å². The Labute approximate surface area is 159 Å². The van der Waals surface area contributed by atoms with Crippen LogP contribution in [-0.2, 0) is 32.3 Å². The van der Waals surface area contributed by atoms with Crippen LogP contribution in [0.25, 0.3) is 0 Å². The third-order valence-electron chi connectivity index (χ3n) is 3.44. The molecular formula is C17H21ClN2O4S2. The van der Waals surface area contributed by atoms with E-state index in [4.69, 9.17) is 11.6 Å². The lowest BCUT2D eigenvalue weighted by atomic mass is 10.1. The van der Waals surface area contributed by atoms with Crippen molar-refractivity contribution in [2.45, 2.75) is 37.1 Å². The van der Waals surface area contributed by atoms with Gasteiger partial charge in [0, 0.05) is 17.6 Å². The van der Waals surface area contributed by atoms with Gasteiger partial charge in [0.05, 0.1) is 10.6 Å². The molecule has 0 aliphatic carbocycles. The Balaban J connectivity index is 2.18. The highest BCUT2D eigenvalue weighted by molar-refractivity contribution is 7.89. The molecule has 2 aromatic carbocycles. The van der Waals surface area contributed by atoms with E-state index in [1.807, 2.05) is 0 Å². The number of rotatable bonds is 8. The average Bonchev–Trinajstić information content (AvgIpc) is 2.52. The lowest BCUT2D eigenvalue weighted by molar-refractivity contribution is 0.568. The first kappa shape index (κ1) is 20.9. The Kier molecular flexibility index (Phi) is 6.81. The molecule has 0 saturated carbocycles. The zero-order valence-electron chi connectivity index (χ0n) is 14.4. The summed E-state index contributed by atoms with van der Waals surface area (Å²) < 4.78 is 54.1. The first-order chi connectivity index (χ1) is 12.1. The Morgan fingerprint density at radius 3 is 2.23 bits per heavy atom. The van der Waals surface area contributed by atoms with Crippen molar-refractivity contribution in [3.63, 3.8) is 0 Å². The molecule has 6 nitrogen and oxygen atoms in total. The summed E-state index contributed by atoms with van der Waals surface area (Å²) in [6.07, 6.45) is 0. The van der Waals surface area contributed by atoms with Gasteiger partial charge in [-0.3, -0.25) is 0 Å². The Hall–Kier alpha value is -1.45. The Morgan fingerprint density at radius 2 is 1.62 bits per heavy atom. The smallest absolute Gasteiger partial charge is 0.212 e. The van der Waals surface area contributed by atoms with Gasteiger partial charge in [-0.2, -0.15) is 0 Å². The number of sulfonamides is 2. The second-order valence-electron chi connectivity index (χ2n) is 6.08. The zero-order chi connectivity index (χ0) is 19.4. The van der Waals surface area contributed by atoms with Crippen LogP contribution in [0.4, 0.5) is 0 Å². The van der Waals surface area contributed by atoms with Gasteiger partial charge in [-0.25, -0.2) is 26.3 Å². The third kappa shape index (κ3) is 6.07. The number of nitrogens with one attached hydrogen (secondary N) is 2. The van der Waals surface area contributed by atoms with Crippen LogP contribution in [0, 0.1) is 0 Å². The summed E-state index contributed by atoms with van der Waals surface area (Å²) in [6, 6.07) is 12.5. The predicted molar refractivity (Wildman–Crippen MR) is 103 cm³/mol. The molecule has 142 valence electrons. The molecule has 0 saturated heterocycles. The van der Waals surface area contributed by atoms with Crippen LogP contribution in [0.5, 0.6) is 0 Å². The number of hydrogen-bond acceptors (Lipinski definition) is 4. The minimum absolute atomic E-state index is 0.0256. The molecule has 0 aliphatic heterocycles. The fraction of sp³-hybridized carbons (Fsp3) is 0.294. The highest BCUT2D eigenvalue weighted by atomic mass is 35.5. The summed E-state index contributed by atoms with van der Waals surface area (Å²) >= 11 is 5.84. The van der Waals surface area contributed by atoms with Crippen LogP contribution in [0.15, 0.2) is 53.4 Å². The first-order valence-corrected chi connectivity index (χ1v) is 11.4. The summed E-state index contributed by atoms with van der Waals surface area (Å²) in [5, 5.41) is 0.319. The van der Waals surface area contributed by atoms with Gasteiger partial charge in [0.15, 0.2) is 0 Å². The standard InChI is InChI=1S/C17H21ClN2O4S2/c1-13(2)20-25(21,22)12-15-7-4-3-6-14(15)11-19-26(23,24)17-9-5-8-16(18)10-17/h3-10,13,19-20H,11-12H2,1-2H3. The van der Waals surface area contributed by atoms with Crippen molar-refractivity contribution in [1.82, 2.24) is 9.44 Å². The van der Waals surface area contributed by atoms with E-state index in [2.05, 4.69) is 9.44 Å². The molecule has 0 heterocycles. The maximum atomic E-state index is 12.4. The van der Waals surface area contributed by atoms with Gasteiger partial charge < -0.3 is 0 Å². The van der Waals surface area contributed by atoms with Crippen molar-refractivity contribution >= 4 is 31.6 Å². The molecule has 2 rings (SSSR count). The number of benzene rings is 2. The summed E-state index contributed by atoms with van der Waals surface area (Å²) in [5.74, 6) is -0.222. The van der Waals surface area contributed by atoms with Crippen molar-refractivity contribution in [2.75, 3.05) is 0 Å². The summed E-state index contributed by atoms with van der Waals surface area (Å²) in [7, 11) is -7.27. The monoisotopic (exact) mass is 416 g/mol. The molecule has 0 atom stereocenters. The van der Waals surface area contributed by atoms with E-state index in [1.165, 1.54) is 12.1 Å². The van der Waals surface area contributed by atoms with Gasteiger partial charge in [-0.15, -0.1) is 0 Å². The molecule has 0 radical (unpaired) electrons. The molecule has 26 heavy (non-hydrogen) atoms. The topological polar surface area (TPSA) is 92.3 Å². The lowest BCUT2D eigenvalue weighted by Crippen LogP contribution is -2.32. The van der Waals surface area contributed by atoms with E-state index in [0.29, 0.717) is 16.1 Å². The van der Waals surface area contributed by atoms with Crippen LogP contribution < -0.4 is 9.44 Å². The van der Waals surface area contributed by atoms with Crippen LogP contribution in [0.1, 0.15) is 25.0 Å². The fourth-order valence-electron chi connectivity index (χ4n) is 2.37. The van der Waals surface area contributed by atoms with Gasteiger partial charge in [0.1, 0.15) is 0 Å². The number of halogens is 1. The second-order valence-corrected chi connectivity index (χ2v) is 10.0. The fourth-order valence-corrected chi connectivity index (χ4v) is 5.17. The van der Waals surface area contributed by atoms with Gasteiger partial charge in [-0.1, -0.05) is 41.9 Å². The SMILES string of the molecule is CC(C)NS(=O)(=O)Cc1ccccc1CNS(=O)(=O)c1cccc(Cl)c1. The molecule has 9 heteroatoms. The van der Waals surface area contributed by atoms with Gasteiger partial charge in [0.25, 0.3) is 0 Å². The van der Waals surface area contributed by atoms with Crippen LogP contribution >= 0.6 is 11.6 Å². The second kappa shape index (κ2) is 8.49. The largest absolute Gasteiger partial charge is 0.240 e. The van der Waals surface area contributed by atoms with Crippen LogP contribution in [0.3, 0.4) is 0 Å². The quantitative estimate of drug-likeness (QED) is 0.691. The highest BCUT2D eigenvalue weighted by Crippen LogP contribution is 2.17. The summed E-state index contributed by atoms with van der Waals surface area (Å²) in [5.41, 5.74) is 1.13. The minimum Gasteiger partial charge on any atom is -0.212 e. The minimum atomic E-state index is -3.76. The molecule has 0 bridgehead atoms. The van der Waals surface area contributed by atoms with Crippen molar-refractivity contribution in [2.24, 2.45) is 0 Å². The molecular weight excluding hydrogens is 396 g/mol. The first-order valence-electron chi connectivity index (χ1n) is 7.91. The number of hydrogen-bond donors (Lipinski definition) is 2. The maximum absolute atomic E-state index is 12.4. The molecule has 0 amide bonds. The molecule has 0 fully saturated rings. The van der Waals surface area contributed by atoms with E-state index in [0.717, 1.165) is 0 Å².